The number of aromatic nitrogens is 1. The molecular weight excluding hydrogens is 268 g/mol. The monoisotopic (exact) mass is 274 g/mol. The molecule has 3 nitrogen and oxygen atoms in total. The number of ether oxygens (including phenoxy) is 1. The highest BCUT2D eigenvalue weighted by molar-refractivity contribution is 9.10. The Balaban J connectivity index is 2.27. The lowest BCUT2D eigenvalue weighted by atomic mass is 10.3. The predicted octanol–water partition coefficient (Wildman–Crippen LogP) is 3.51. The van der Waals surface area contributed by atoms with E-state index in [0.29, 0.717) is 17.1 Å². The van der Waals surface area contributed by atoms with Gasteiger partial charge in [-0.2, -0.15) is 5.26 Å². The molecule has 0 aliphatic heterocycles. The van der Waals surface area contributed by atoms with Gasteiger partial charge in [0.1, 0.15) is 23.1 Å². The van der Waals surface area contributed by atoms with Crippen LogP contribution in [-0.4, -0.2) is 4.98 Å². The molecule has 1 aromatic carbocycles. The van der Waals surface area contributed by atoms with E-state index in [4.69, 9.17) is 10.00 Å². The molecule has 2 aromatic rings. The van der Waals surface area contributed by atoms with Gasteiger partial charge in [0, 0.05) is 22.9 Å². The van der Waals surface area contributed by atoms with E-state index in [1.807, 2.05) is 30.3 Å². The Morgan fingerprint density at radius 1 is 1.19 bits per heavy atom. The smallest absolute Gasteiger partial charge is 0.148 e. The lowest BCUT2D eigenvalue weighted by Gasteiger charge is -2.06. The van der Waals surface area contributed by atoms with Gasteiger partial charge < -0.3 is 4.74 Å². The molecule has 0 saturated carbocycles. The molecule has 0 radical (unpaired) electrons. The molecule has 0 aliphatic carbocycles. The van der Waals surface area contributed by atoms with E-state index >= 15 is 0 Å². The molecule has 2 rings (SSSR count). The molecule has 0 aliphatic rings. The van der Waals surface area contributed by atoms with Crippen LogP contribution in [0.25, 0.3) is 0 Å². The van der Waals surface area contributed by atoms with Gasteiger partial charge >= 0.3 is 0 Å². The van der Waals surface area contributed by atoms with E-state index in [0.717, 1.165) is 4.47 Å². The summed E-state index contributed by atoms with van der Waals surface area (Å²) < 4.78 is 6.55. The summed E-state index contributed by atoms with van der Waals surface area (Å²) in [7, 11) is 0. The van der Waals surface area contributed by atoms with Crippen LogP contribution in [-0.2, 0) is 0 Å². The molecule has 0 unspecified atom stereocenters. The van der Waals surface area contributed by atoms with Gasteiger partial charge in [0.2, 0.25) is 0 Å². The Kier molecular flexibility index (Phi) is 3.18. The Labute approximate surface area is 101 Å². The normalized spacial score (nSPS) is 9.50. The first-order valence-corrected chi connectivity index (χ1v) is 5.36. The van der Waals surface area contributed by atoms with Gasteiger partial charge in [-0.25, -0.2) is 0 Å². The molecule has 1 heterocycles. The number of rotatable bonds is 2. The fourth-order valence-electron chi connectivity index (χ4n) is 1.18. The maximum Gasteiger partial charge on any atom is 0.148 e. The average Bonchev–Trinajstić information content (AvgIpc) is 2.33. The fourth-order valence-corrected chi connectivity index (χ4v) is 1.45. The van der Waals surface area contributed by atoms with Crippen LogP contribution in [0.1, 0.15) is 5.56 Å². The van der Waals surface area contributed by atoms with Crippen molar-refractivity contribution in [1.29, 1.82) is 5.26 Å². The average molecular weight is 275 g/mol. The highest BCUT2D eigenvalue weighted by Gasteiger charge is 2.03. The first kappa shape index (κ1) is 10.7. The van der Waals surface area contributed by atoms with Crippen molar-refractivity contribution in [2.75, 3.05) is 0 Å². The summed E-state index contributed by atoms with van der Waals surface area (Å²) in [5.41, 5.74) is 0.422. The zero-order chi connectivity index (χ0) is 11.4. The lowest BCUT2D eigenvalue weighted by molar-refractivity contribution is 0.480. The van der Waals surface area contributed by atoms with E-state index in [2.05, 4.69) is 20.9 Å². The van der Waals surface area contributed by atoms with Crippen molar-refractivity contribution in [2.45, 2.75) is 0 Å². The van der Waals surface area contributed by atoms with Crippen molar-refractivity contribution in [1.82, 2.24) is 4.98 Å². The van der Waals surface area contributed by atoms with Crippen LogP contribution in [0, 0.1) is 11.3 Å². The molecule has 0 bridgehead atoms. The SMILES string of the molecule is N#Cc1cnccc1Oc1ccc(Br)cc1. The number of pyridine rings is 1. The second kappa shape index (κ2) is 4.77. The van der Waals surface area contributed by atoms with Crippen LogP contribution >= 0.6 is 15.9 Å². The molecule has 0 fully saturated rings. The lowest BCUT2D eigenvalue weighted by Crippen LogP contribution is -1.88. The molecule has 0 atom stereocenters. The van der Waals surface area contributed by atoms with Crippen LogP contribution in [0.15, 0.2) is 47.2 Å². The highest BCUT2D eigenvalue weighted by atomic mass is 79.9. The zero-order valence-electron chi connectivity index (χ0n) is 8.22. The van der Waals surface area contributed by atoms with Crippen molar-refractivity contribution in [3.8, 4) is 17.6 Å². The Morgan fingerprint density at radius 2 is 1.94 bits per heavy atom. The summed E-state index contributed by atoms with van der Waals surface area (Å²) >= 11 is 3.34. The summed E-state index contributed by atoms with van der Waals surface area (Å²) in [5.74, 6) is 1.20. The third-order valence-electron chi connectivity index (χ3n) is 1.94. The highest BCUT2D eigenvalue weighted by Crippen LogP contribution is 2.25. The van der Waals surface area contributed by atoms with Crippen molar-refractivity contribution >= 4 is 15.9 Å². The van der Waals surface area contributed by atoms with Crippen LogP contribution in [0.5, 0.6) is 11.5 Å². The standard InChI is InChI=1S/C12H7BrN2O/c13-10-1-3-11(4-2-10)16-12-5-6-15-8-9(12)7-14/h1-6,8H. The molecule has 0 N–H and O–H groups in total. The third kappa shape index (κ3) is 2.38. The number of halogens is 1. The topological polar surface area (TPSA) is 45.9 Å². The predicted molar refractivity (Wildman–Crippen MR) is 63.2 cm³/mol. The minimum atomic E-state index is 0.422. The molecular formula is C12H7BrN2O. The van der Waals surface area contributed by atoms with Crippen LogP contribution in [0.3, 0.4) is 0 Å². The van der Waals surface area contributed by atoms with Crippen molar-refractivity contribution < 1.29 is 4.74 Å². The molecule has 0 saturated heterocycles. The van der Waals surface area contributed by atoms with Crippen molar-refractivity contribution in [2.24, 2.45) is 0 Å². The van der Waals surface area contributed by atoms with Gasteiger partial charge in [-0.05, 0) is 24.3 Å². The van der Waals surface area contributed by atoms with Crippen LogP contribution < -0.4 is 4.74 Å². The number of nitriles is 1. The largest absolute Gasteiger partial charge is 0.456 e. The van der Waals surface area contributed by atoms with Gasteiger partial charge in [0.25, 0.3) is 0 Å². The second-order valence-corrected chi connectivity index (χ2v) is 3.96. The van der Waals surface area contributed by atoms with E-state index in [1.165, 1.54) is 6.20 Å². The third-order valence-corrected chi connectivity index (χ3v) is 2.47. The number of nitrogens with zero attached hydrogens (tertiary/aromatic N) is 2. The molecule has 0 spiro atoms. The Morgan fingerprint density at radius 3 is 2.62 bits per heavy atom. The molecule has 4 heteroatoms. The summed E-state index contributed by atoms with van der Waals surface area (Å²) in [6, 6.07) is 11.1. The maximum atomic E-state index is 8.86. The first-order chi connectivity index (χ1) is 7.79. The van der Waals surface area contributed by atoms with Crippen molar-refractivity contribution in [3.05, 3.63) is 52.8 Å². The number of benzene rings is 1. The molecule has 78 valence electrons. The van der Waals surface area contributed by atoms with Gasteiger partial charge in [-0.3, -0.25) is 4.98 Å². The summed E-state index contributed by atoms with van der Waals surface area (Å²) in [4.78, 5) is 3.86. The summed E-state index contributed by atoms with van der Waals surface area (Å²) in [6.07, 6.45) is 3.07. The number of hydrogen-bond donors (Lipinski definition) is 0. The minimum absolute atomic E-state index is 0.422. The summed E-state index contributed by atoms with van der Waals surface area (Å²) in [5, 5.41) is 8.86. The van der Waals surface area contributed by atoms with Crippen LogP contribution in [0.2, 0.25) is 0 Å². The Bertz CT molecular complexity index is 531. The van der Waals surface area contributed by atoms with E-state index in [9.17, 15) is 0 Å². The molecule has 0 amide bonds. The first-order valence-electron chi connectivity index (χ1n) is 4.57. The van der Waals surface area contributed by atoms with E-state index in [1.54, 1.807) is 12.3 Å². The quantitative estimate of drug-likeness (QED) is 0.842. The number of hydrogen-bond acceptors (Lipinski definition) is 3. The van der Waals surface area contributed by atoms with E-state index < -0.39 is 0 Å². The van der Waals surface area contributed by atoms with Crippen LogP contribution in [0.4, 0.5) is 0 Å². The maximum absolute atomic E-state index is 8.86. The van der Waals surface area contributed by atoms with Crippen molar-refractivity contribution in [3.63, 3.8) is 0 Å². The fraction of sp³-hybridized carbons (Fsp3) is 0. The second-order valence-electron chi connectivity index (χ2n) is 3.04. The molecule has 1 aromatic heterocycles. The van der Waals surface area contributed by atoms with Gasteiger partial charge in [-0.1, -0.05) is 15.9 Å². The van der Waals surface area contributed by atoms with Gasteiger partial charge in [-0.15, -0.1) is 0 Å². The van der Waals surface area contributed by atoms with Gasteiger partial charge in [0.15, 0.2) is 0 Å². The Hall–Kier alpha value is -1.86. The molecule has 16 heavy (non-hydrogen) atoms. The minimum Gasteiger partial charge on any atom is -0.456 e. The van der Waals surface area contributed by atoms with Gasteiger partial charge in [0.05, 0.1) is 0 Å². The van der Waals surface area contributed by atoms with E-state index in [-0.39, 0.29) is 0 Å². The zero-order valence-corrected chi connectivity index (χ0v) is 9.81. The summed E-state index contributed by atoms with van der Waals surface area (Å²) in [6.45, 7) is 0.